The molecular formula is C31H38N2O2. The number of carbonyl (C=O) groups is 2. The van der Waals surface area contributed by atoms with Crippen LogP contribution in [0.25, 0.3) is 0 Å². The maximum atomic E-state index is 13.9. The third-order valence-corrected chi connectivity index (χ3v) is 6.72. The lowest BCUT2D eigenvalue weighted by Crippen LogP contribution is -2.52. The maximum absolute atomic E-state index is 13.9. The third-order valence-electron chi connectivity index (χ3n) is 6.72. The minimum absolute atomic E-state index is 0.0372. The minimum Gasteiger partial charge on any atom is -0.352 e. The molecule has 2 amide bonds. The van der Waals surface area contributed by atoms with Crippen LogP contribution in [0.5, 0.6) is 0 Å². The largest absolute Gasteiger partial charge is 0.352 e. The molecule has 2 atom stereocenters. The number of hydrogen-bond donors (Lipinski definition) is 1. The zero-order valence-electron chi connectivity index (χ0n) is 21.7. The van der Waals surface area contributed by atoms with Crippen LogP contribution in [-0.4, -0.2) is 28.8 Å². The highest BCUT2D eigenvalue weighted by Crippen LogP contribution is 2.20. The molecule has 4 nitrogen and oxygen atoms in total. The Bertz CT molecular complexity index is 1140. The van der Waals surface area contributed by atoms with Crippen LogP contribution in [0.2, 0.25) is 0 Å². The van der Waals surface area contributed by atoms with Crippen molar-refractivity contribution in [2.45, 2.75) is 72.5 Å². The van der Waals surface area contributed by atoms with Gasteiger partial charge in [-0.2, -0.15) is 0 Å². The summed E-state index contributed by atoms with van der Waals surface area (Å²) in [5.41, 5.74) is 6.41. The van der Waals surface area contributed by atoms with E-state index in [1.807, 2.05) is 89.2 Å². The molecule has 0 fully saturated rings. The van der Waals surface area contributed by atoms with E-state index in [1.165, 1.54) is 0 Å². The third kappa shape index (κ3) is 7.29. The van der Waals surface area contributed by atoms with E-state index in [9.17, 15) is 9.59 Å². The second kappa shape index (κ2) is 12.3. The van der Waals surface area contributed by atoms with Gasteiger partial charge in [0, 0.05) is 19.0 Å². The van der Waals surface area contributed by atoms with Crippen molar-refractivity contribution in [2.24, 2.45) is 0 Å². The van der Waals surface area contributed by atoms with E-state index in [0.29, 0.717) is 13.0 Å². The van der Waals surface area contributed by atoms with Crippen molar-refractivity contribution in [2.75, 3.05) is 0 Å². The van der Waals surface area contributed by atoms with Gasteiger partial charge in [0.05, 0.1) is 6.42 Å². The van der Waals surface area contributed by atoms with Crippen LogP contribution in [0.1, 0.15) is 53.6 Å². The Morgan fingerprint density at radius 3 is 2.20 bits per heavy atom. The average Bonchev–Trinajstić information content (AvgIpc) is 2.85. The van der Waals surface area contributed by atoms with Gasteiger partial charge in [-0.25, -0.2) is 0 Å². The van der Waals surface area contributed by atoms with Crippen molar-refractivity contribution in [3.8, 4) is 0 Å². The first-order valence-corrected chi connectivity index (χ1v) is 12.5. The molecule has 0 radical (unpaired) electrons. The second-order valence-electron chi connectivity index (χ2n) is 9.58. The molecule has 3 aromatic rings. The summed E-state index contributed by atoms with van der Waals surface area (Å²) in [4.78, 5) is 29.3. The molecule has 0 aliphatic heterocycles. The monoisotopic (exact) mass is 470 g/mol. The van der Waals surface area contributed by atoms with Crippen molar-refractivity contribution in [3.63, 3.8) is 0 Å². The van der Waals surface area contributed by atoms with Crippen molar-refractivity contribution < 1.29 is 9.59 Å². The van der Waals surface area contributed by atoms with Gasteiger partial charge in [-0.15, -0.1) is 0 Å². The van der Waals surface area contributed by atoms with Gasteiger partial charge in [0.25, 0.3) is 0 Å². The molecular weight excluding hydrogens is 432 g/mol. The number of nitrogens with one attached hydrogen (secondary N) is 1. The molecule has 0 aliphatic carbocycles. The molecule has 1 N–H and O–H groups in total. The first kappa shape index (κ1) is 26.2. The summed E-state index contributed by atoms with van der Waals surface area (Å²) in [7, 11) is 0. The highest BCUT2D eigenvalue weighted by molar-refractivity contribution is 5.89. The summed E-state index contributed by atoms with van der Waals surface area (Å²) in [5, 5.41) is 3.14. The molecule has 4 heteroatoms. The van der Waals surface area contributed by atoms with Crippen LogP contribution in [0.15, 0.2) is 72.8 Å². The van der Waals surface area contributed by atoms with Crippen molar-refractivity contribution in [3.05, 3.63) is 106 Å². The predicted octanol–water partition coefficient (Wildman–Crippen LogP) is 5.71. The van der Waals surface area contributed by atoms with E-state index in [4.69, 9.17) is 0 Å². The van der Waals surface area contributed by atoms with Crippen LogP contribution in [0, 0.1) is 20.8 Å². The van der Waals surface area contributed by atoms with Crippen molar-refractivity contribution in [1.82, 2.24) is 10.2 Å². The lowest BCUT2D eigenvalue weighted by atomic mass is 9.98. The van der Waals surface area contributed by atoms with Gasteiger partial charge in [-0.3, -0.25) is 9.59 Å². The highest BCUT2D eigenvalue weighted by atomic mass is 16.2. The Hall–Kier alpha value is -3.40. The van der Waals surface area contributed by atoms with Gasteiger partial charge in [0.15, 0.2) is 0 Å². The predicted molar refractivity (Wildman–Crippen MR) is 143 cm³/mol. The first-order valence-electron chi connectivity index (χ1n) is 12.5. The van der Waals surface area contributed by atoms with Crippen LogP contribution in [0.3, 0.4) is 0 Å². The van der Waals surface area contributed by atoms with E-state index in [2.05, 4.69) is 23.5 Å². The number of benzene rings is 3. The quantitative estimate of drug-likeness (QED) is 0.413. The molecule has 184 valence electrons. The minimum atomic E-state index is -0.608. The molecule has 0 saturated carbocycles. The lowest BCUT2D eigenvalue weighted by Gasteiger charge is -2.33. The fraction of sp³-hybridized carbons (Fsp3) is 0.355. The summed E-state index contributed by atoms with van der Waals surface area (Å²) in [6.07, 6.45) is 1.56. The summed E-state index contributed by atoms with van der Waals surface area (Å²) in [6.45, 7) is 10.6. The number of hydrogen-bond acceptors (Lipinski definition) is 2. The Morgan fingerprint density at radius 1 is 0.857 bits per heavy atom. The summed E-state index contributed by atoms with van der Waals surface area (Å²) in [5.74, 6) is -0.145. The molecule has 35 heavy (non-hydrogen) atoms. The van der Waals surface area contributed by atoms with E-state index in [0.717, 1.165) is 39.8 Å². The first-order chi connectivity index (χ1) is 16.8. The molecule has 3 rings (SSSR count). The molecule has 0 aromatic heterocycles. The van der Waals surface area contributed by atoms with Crippen LogP contribution >= 0.6 is 0 Å². The normalized spacial score (nSPS) is 12.6. The SMILES string of the molecule is CCC(C)NC(=O)C(Cc1ccccc1)N(Cc1ccccc1C)C(=O)Cc1cc(C)ccc1C. The Labute approximate surface area is 210 Å². The van der Waals surface area contributed by atoms with E-state index >= 15 is 0 Å². The zero-order valence-corrected chi connectivity index (χ0v) is 21.7. The van der Waals surface area contributed by atoms with Crippen LogP contribution < -0.4 is 5.32 Å². The van der Waals surface area contributed by atoms with E-state index in [-0.39, 0.29) is 24.3 Å². The number of aryl methyl sites for hydroxylation is 3. The number of amides is 2. The summed E-state index contributed by atoms with van der Waals surface area (Å²) in [6, 6.07) is 23.7. The fourth-order valence-electron chi connectivity index (χ4n) is 4.22. The molecule has 0 aliphatic rings. The summed E-state index contributed by atoms with van der Waals surface area (Å²) < 4.78 is 0. The maximum Gasteiger partial charge on any atom is 0.243 e. The fourth-order valence-corrected chi connectivity index (χ4v) is 4.22. The topological polar surface area (TPSA) is 49.4 Å². The molecule has 0 bridgehead atoms. The van der Waals surface area contributed by atoms with Gasteiger partial charge >= 0.3 is 0 Å². The van der Waals surface area contributed by atoms with Crippen LogP contribution in [0.4, 0.5) is 0 Å². The van der Waals surface area contributed by atoms with Gasteiger partial charge < -0.3 is 10.2 Å². The van der Waals surface area contributed by atoms with E-state index < -0.39 is 6.04 Å². The van der Waals surface area contributed by atoms with Gasteiger partial charge in [0.1, 0.15) is 6.04 Å². The van der Waals surface area contributed by atoms with Gasteiger partial charge in [-0.1, -0.05) is 85.3 Å². The highest BCUT2D eigenvalue weighted by Gasteiger charge is 2.31. The number of nitrogens with zero attached hydrogens (tertiary/aromatic N) is 1. The van der Waals surface area contributed by atoms with Crippen LogP contribution in [-0.2, 0) is 29.0 Å². The lowest BCUT2D eigenvalue weighted by molar-refractivity contribution is -0.141. The number of carbonyl (C=O) groups excluding carboxylic acids is 2. The Balaban J connectivity index is 2.01. The standard InChI is InChI=1S/C31H38N2O2/c1-6-25(5)32-31(35)29(19-26-13-8-7-9-14-26)33(21-27-15-11-10-12-23(27)3)30(34)20-28-18-22(2)16-17-24(28)4/h7-18,25,29H,6,19-21H2,1-5H3,(H,32,35). The Morgan fingerprint density at radius 2 is 1.51 bits per heavy atom. The molecule has 2 unspecified atom stereocenters. The smallest absolute Gasteiger partial charge is 0.243 e. The van der Waals surface area contributed by atoms with Gasteiger partial charge in [0.2, 0.25) is 11.8 Å². The summed E-state index contributed by atoms with van der Waals surface area (Å²) >= 11 is 0. The zero-order chi connectivity index (χ0) is 25.4. The second-order valence-corrected chi connectivity index (χ2v) is 9.58. The van der Waals surface area contributed by atoms with Gasteiger partial charge in [-0.05, 0) is 61.9 Å². The van der Waals surface area contributed by atoms with E-state index in [1.54, 1.807) is 4.90 Å². The average molecular weight is 471 g/mol. The van der Waals surface area contributed by atoms with Crippen molar-refractivity contribution >= 4 is 11.8 Å². The molecule has 3 aromatic carbocycles. The molecule has 0 saturated heterocycles. The van der Waals surface area contributed by atoms with Crippen molar-refractivity contribution in [1.29, 1.82) is 0 Å². The number of rotatable bonds is 10. The molecule has 0 heterocycles. The Kier molecular flexibility index (Phi) is 9.25. The molecule has 0 spiro atoms.